The number of benzene rings is 1. The highest BCUT2D eigenvalue weighted by Gasteiger charge is 2.22. The molecule has 2 rings (SSSR count). The van der Waals surface area contributed by atoms with E-state index in [1.54, 1.807) is 24.3 Å². The van der Waals surface area contributed by atoms with Gasteiger partial charge >= 0.3 is 5.97 Å². The molecule has 4 N–H and O–H groups in total. The van der Waals surface area contributed by atoms with Crippen LogP contribution in [0, 0.1) is 0 Å². The zero-order valence-electron chi connectivity index (χ0n) is 11.9. The lowest BCUT2D eigenvalue weighted by Crippen LogP contribution is -2.46. The highest BCUT2D eigenvalue weighted by molar-refractivity contribution is 5.87. The maximum absolute atomic E-state index is 11.3. The summed E-state index contributed by atoms with van der Waals surface area (Å²) in [5, 5.41) is 12.2. The van der Waals surface area contributed by atoms with Crippen LogP contribution in [-0.2, 0) is 11.3 Å². The molecule has 0 aliphatic carbocycles. The van der Waals surface area contributed by atoms with Crippen LogP contribution in [-0.4, -0.2) is 47.6 Å². The van der Waals surface area contributed by atoms with Crippen LogP contribution in [0.25, 0.3) is 0 Å². The minimum atomic E-state index is -0.936. The molecule has 0 unspecified atom stereocenters. The number of aromatic carboxylic acids is 1. The molecule has 1 heterocycles. The molecule has 1 fully saturated rings. The topological polar surface area (TPSA) is 95.7 Å². The molecule has 1 aliphatic rings. The molecule has 1 aromatic carbocycles. The third-order valence-electron chi connectivity index (χ3n) is 3.77. The zero-order chi connectivity index (χ0) is 15.2. The first-order valence-electron chi connectivity index (χ1n) is 7.11. The van der Waals surface area contributed by atoms with Crippen molar-refractivity contribution in [3.63, 3.8) is 0 Å². The number of hydrogen-bond acceptors (Lipinski definition) is 4. The second kappa shape index (κ2) is 7.19. The first-order chi connectivity index (χ1) is 10.1. The molecule has 1 saturated heterocycles. The van der Waals surface area contributed by atoms with Crippen molar-refractivity contribution in [3.8, 4) is 0 Å². The van der Waals surface area contributed by atoms with Crippen LogP contribution in [0.3, 0.4) is 0 Å². The number of amides is 1. The number of nitrogens with zero attached hydrogens (tertiary/aromatic N) is 1. The maximum atomic E-state index is 11.3. The fourth-order valence-electron chi connectivity index (χ4n) is 2.67. The van der Waals surface area contributed by atoms with Crippen LogP contribution in [0.1, 0.15) is 28.8 Å². The fraction of sp³-hybridized carbons (Fsp3) is 0.467. The molecular weight excluding hydrogens is 270 g/mol. The van der Waals surface area contributed by atoms with Gasteiger partial charge in [-0.25, -0.2) is 4.79 Å². The first kappa shape index (κ1) is 15.5. The van der Waals surface area contributed by atoms with Crippen molar-refractivity contribution in [2.45, 2.75) is 25.4 Å². The highest BCUT2D eigenvalue weighted by Crippen LogP contribution is 2.16. The van der Waals surface area contributed by atoms with Gasteiger partial charge < -0.3 is 16.2 Å². The Balaban J connectivity index is 2.06. The highest BCUT2D eigenvalue weighted by atomic mass is 16.4. The van der Waals surface area contributed by atoms with Crippen LogP contribution < -0.4 is 11.1 Å². The molecule has 114 valence electrons. The Bertz CT molecular complexity index is 495. The smallest absolute Gasteiger partial charge is 0.335 e. The number of rotatable bonds is 6. The van der Waals surface area contributed by atoms with Crippen molar-refractivity contribution in [2.75, 3.05) is 19.6 Å². The molecule has 0 saturated carbocycles. The molecule has 0 atom stereocenters. The Labute approximate surface area is 123 Å². The summed E-state index contributed by atoms with van der Waals surface area (Å²) >= 11 is 0. The molecule has 0 radical (unpaired) electrons. The molecular formula is C15H21N3O3. The number of carbonyl (C=O) groups is 2. The molecule has 0 bridgehead atoms. The molecule has 1 amide bonds. The Kier molecular flexibility index (Phi) is 5.30. The number of carbonyl (C=O) groups excluding carboxylic acids is 1. The van der Waals surface area contributed by atoms with Crippen LogP contribution in [0.4, 0.5) is 0 Å². The summed E-state index contributed by atoms with van der Waals surface area (Å²) < 4.78 is 0. The SMILES string of the molecule is NC(=O)CN(Cc1ccc(C(=O)O)cc1)C1CCNCC1. The van der Waals surface area contributed by atoms with Gasteiger partial charge in [-0.3, -0.25) is 9.69 Å². The average molecular weight is 291 g/mol. The third-order valence-corrected chi connectivity index (χ3v) is 3.77. The summed E-state index contributed by atoms with van der Waals surface area (Å²) in [5.41, 5.74) is 6.60. The van der Waals surface area contributed by atoms with E-state index in [2.05, 4.69) is 10.2 Å². The summed E-state index contributed by atoms with van der Waals surface area (Å²) in [6, 6.07) is 7.08. The summed E-state index contributed by atoms with van der Waals surface area (Å²) in [6.07, 6.45) is 1.97. The van der Waals surface area contributed by atoms with Crippen LogP contribution in [0.15, 0.2) is 24.3 Å². The predicted molar refractivity (Wildman–Crippen MR) is 78.9 cm³/mol. The predicted octanol–water partition coefficient (Wildman–Crippen LogP) is 0.424. The van der Waals surface area contributed by atoms with Crippen LogP contribution >= 0.6 is 0 Å². The number of nitrogens with two attached hydrogens (primary N) is 1. The molecule has 1 aromatic rings. The van der Waals surface area contributed by atoms with Crippen molar-refractivity contribution in [1.29, 1.82) is 0 Å². The second-order valence-electron chi connectivity index (χ2n) is 5.35. The number of carboxylic acid groups (broad SMARTS) is 1. The summed E-state index contributed by atoms with van der Waals surface area (Å²) in [6.45, 7) is 2.72. The number of carboxylic acids is 1. The summed E-state index contributed by atoms with van der Waals surface area (Å²) in [7, 11) is 0. The normalized spacial score (nSPS) is 16.0. The van der Waals surface area contributed by atoms with Crippen molar-refractivity contribution in [2.24, 2.45) is 5.73 Å². The number of piperidine rings is 1. The molecule has 21 heavy (non-hydrogen) atoms. The Morgan fingerprint density at radius 2 is 1.86 bits per heavy atom. The summed E-state index contributed by atoms with van der Waals surface area (Å²) in [5.74, 6) is -1.27. The van der Waals surface area contributed by atoms with E-state index in [1.165, 1.54) is 0 Å². The van der Waals surface area contributed by atoms with E-state index >= 15 is 0 Å². The Morgan fingerprint density at radius 1 is 1.24 bits per heavy atom. The lowest BCUT2D eigenvalue weighted by Gasteiger charge is -2.33. The van der Waals surface area contributed by atoms with Crippen molar-refractivity contribution in [3.05, 3.63) is 35.4 Å². The zero-order valence-corrected chi connectivity index (χ0v) is 11.9. The monoisotopic (exact) mass is 291 g/mol. The van der Waals surface area contributed by atoms with Gasteiger partial charge in [0.1, 0.15) is 0 Å². The van der Waals surface area contributed by atoms with E-state index < -0.39 is 5.97 Å². The van der Waals surface area contributed by atoms with Gasteiger partial charge in [-0.15, -0.1) is 0 Å². The van der Waals surface area contributed by atoms with Gasteiger partial charge in [0.15, 0.2) is 0 Å². The summed E-state index contributed by atoms with van der Waals surface area (Å²) in [4.78, 5) is 24.2. The van der Waals surface area contributed by atoms with Gasteiger partial charge in [-0.05, 0) is 43.6 Å². The molecule has 6 heteroatoms. The van der Waals surface area contributed by atoms with Crippen LogP contribution in [0.2, 0.25) is 0 Å². The Morgan fingerprint density at radius 3 is 2.38 bits per heavy atom. The average Bonchev–Trinajstić information content (AvgIpc) is 2.47. The third kappa shape index (κ3) is 4.54. The molecule has 0 aromatic heterocycles. The van der Waals surface area contributed by atoms with E-state index in [-0.39, 0.29) is 18.0 Å². The van der Waals surface area contributed by atoms with E-state index in [4.69, 9.17) is 10.8 Å². The fourth-order valence-corrected chi connectivity index (χ4v) is 2.67. The molecule has 6 nitrogen and oxygen atoms in total. The van der Waals surface area contributed by atoms with Crippen molar-refractivity contribution >= 4 is 11.9 Å². The number of hydrogen-bond donors (Lipinski definition) is 3. The van der Waals surface area contributed by atoms with Gasteiger partial charge in [-0.1, -0.05) is 12.1 Å². The molecule has 0 spiro atoms. The lowest BCUT2D eigenvalue weighted by molar-refractivity contribution is -0.120. The largest absolute Gasteiger partial charge is 0.478 e. The second-order valence-corrected chi connectivity index (χ2v) is 5.35. The minimum Gasteiger partial charge on any atom is -0.478 e. The van der Waals surface area contributed by atoms with E-state index in [0.29, 0.717) is 12.6 Å². The van der Waals surface area contributed by atoms with Gasteiger partial charge in [0.25, 0.3) is 0 Å². The van der Waals surface area contributed by atoms with E-state index in [0.717, 1.165) is 31.5 Å². The van der Waals surface area contributed by atoms with Gasteiger partial charge in [-0.2, -0.15) is 0 Å². The lowest BCUT2D eigenvalue weighted by atomic mass is 10.0. The quantitative estimate of drug-likeness (QED) is 0.706. The van der Waals surface area contributed by atoms with E-state index in [1.807, 2.05) is 0 Å². The first-order valence-corrected chi connectivity index (χ1v) is 7.11. The standard InChI is InChI=1S/C15H21N3O3/c16-14(19)10-18(13-5-7-17-8-6-13)9-11-1-3-12(4-2-11)15(20)21/h1-4,13,17H,5-10H2,(H2,16,19)(H,20,21). The van der Waals surface area contributed by atoms with Crippen LogP contribution in [0.5, 0.6) is 0 Å². The maximum Gasteiger partial charge on any atom is 0.335 e. The van der Waals surface area contributed by atoms with Crippen molar-refractivity contribution in [1.82, 2.24) is 10.2 Å². The minimum absolute atomic E-state index is 0.228. The number of primary amides is 1. The number of nitrogens with one attached hydrogen (secondary N) is 1. The molecule has 1 aliphatic heterocycles. The van der Waals surface area contributed by atoms with Gasteiger partial charge in [0.05, 0.1) is 12.1 Å². The van der Waals surface area contributed by atoms with Gasteiger partial charge in [0.2, 0.25) is 5.91 Å². The van der Waals surface area contributed by atoms with Crippen molar-refractivity contribution < 1.29 is 14.7 Å². The van der Waals surface area contributed by atoms with Gasteiger partial charge in [0, 0.05) is 12.6 Å². The van der Waals surface area contributed by atoms with E-state index in [9.17, 15) is 9.59 Å². The Hall–Kier alpha value is -1.92.